The molecule has 0 atom stereocenters. The van der Waals surface area contributed by atoms with Crippen molar-refractivity contribution >= 4 is 34.5 Å². The molecule has 1 amide bonds. The fourth-order valence-electron chi connectivity index (χ4n) is 1.44. The van der Waals surface area contributed by atoms with E-state index in [1.54, 1.807) is 18.5 Å². The molecule has 2 aromatic heterocycles. The highest BCUT2D eigenvalue weighted by molar-refractivity contribution is 7.16. The normalized spacial score (nSPS) is 12.0. The van der Waals surface area contributed by atoms with Gasteiger partial charge in [0.05, 0.1) is 6.20 Å². The molecule has 1 N–H and O–H groups in total. The predicted octanol–water partition coefficient (Wildman–Crippen LogP) is 3.56. The third-order valence-electron chi connectivity index (χ3n) is 2.46. The molecular formula is C14H17N3O2S. The first-order chi connectivity index (χ1) is 9.34. The molecule has 106 valence electrons. The van der Waals surface area contributed by atoms with E-state index in [9.17, 15) is 4.79 Å². The van der Waals surface area contributed by atoms with Crippen LogP contribution in [0.4, 0.5) is 5.13 Å². The average Bonchev–Trinajstić information content (AvgIpc) is 2.93. The van der Waals surface area contributed by atoms with E-state index in [-0.39, 0.29) is 11.3 Å². The van der Waals surface area contributed by atoms with Gasteiger partial charge in [0.25, 0.3) is 0 Å². The van der Waals surface area contributed by atoms with E-state index >= 15 is 0 Å². The maximum Gasteiger partial charge on any atom is 0.223 e. The number of aromatic nitrogens is 2. The summed E-state index contributed by atoms with van der Waals surface area (Å²) < 4.78 is 5.66. The van der Waals surface area contributed by atoms with Gasteiger partial charge in [0.2, 0.25) is 11.8 Å². The lowest BCUT2D eigenvalue weighted by Crippen LogP contribution is -2.09. The number of amides is 1. The largest absolute Gasteiger partial charge is 0.441 e. The monoisotopic (exact) mass is 291 g/mol. The standard InChI is InChI=1S/C14H17N3O2S/c1-9(18)17-13-16-7-10(20-13)5-6-12-15-8-11(19-12)14(2,3)4/h5-8H,1-4H3,(H,16,17,18)/b6-5-. The molecule has 0 unspecified atom stereocenters. The Morgan fingerprint density at radius 2 is 2.05 bits per heavy atom. The summed E-state index contributed by atoms with van der Waals surface area (Å²) in [5, 5.41) is 3.23. The number of anilines is 1. The SMILES string of the molecule is CC(=O)Nc1ncc(/C=C\c2ncc(C(C)(C)C)o2)s1. The van der Waals surface area contributed by atoms with Crippen LogP contribution in [0.3, 0.4) is 0 Å². The van der Waals surface area contributed by atoms with Crippen LogP contribution in [0.15, 0.2) is 16.8 Å². The molecule has 2 heterocycles. The van der Waals surface area contributed by atoms with Crippen molar-refractivity contribution in [1.82, 2.24) is 9.97 Å². The van der Waals surface area contributed by atoms with Crippen molar-refractivity contribution in [2.45, 2.75) is 33.1 Å². The van der Waals surface area contributed by atoms with Gasteiger partial charge in [-0.3, -0.25) is 4.79 Å². The Kier molecular flexibility index (Phi) is 4.04. The molecular weight excluding hydrogens is 274 g/mol. The molecule has 0 saturated heterocycles. The Hall–Kier alpha value is -1.95. The van der Waals surface area contributed by atoms with Crippen molar-refractivity contribution < 1.29 is 9.21 Å². The zero-order valence-corrected chi connectivity index (χ0v) is 12.7. The summed E-state index contributed by atoms with van der Waals surface area (Å²) in [7, 11) is 0. The quantitative estimate of drug-likeness (QED) is 0.939. The van der Waals surface area contributed by atoms with Crippen molar-refractivity contribution in [2.24, 2.45) is 0 Å². The minimum atomic E-state index is -0.127. The Balaban J connectivity index is 2.07. The van der Waals surface area contributed by atoms with Crippen molar-refractivity contribution in [3.8, 4) is 0 Å². The lowest BCUT2D eigenvalue weighted by atomic mass is 9.94. The molecule has 2 rings (SSSR count). The third-order valence-corrected chi connectivity index (χ3v) is 3.34. The molecule has 0 saturated carbocycles. The van der Waals surface area contributed by atoms with Crippen molar-refractivity contribution in [3.05, 3.63) is 28.9 Å². The van der Waals surface area contributed by atoms with Crippen molar-refractivity contribution in [3.63, 3.8) is 0 Å². The van der Waals surface area contributed by atoms with Gasteiger partial charge in [-0.1, -0.05) is 32.1 Å². The molecule has 0 spiro atoms. The number of hydrogen-bond acceptors (Lipinski definition) is 5. The van der Waals surface area contributed by atoms with E-state index in [0.29, 0.717) is 11.0 Å². The first-order valence-electron chi connectivity index (χ1n) is 6.22. The van der Waals surface area contributed by atoms with Crippen LogP contribution in [-0.4, -0.2) is 15.9 Å². The number of nitrogens with one attached hydrogen (secondary N) is 1. The van der Waals surface area contributed by atoms with Gasteiger partial charge in [-0.05, 0) is 6.08 Å². The van der Waals surface area contributed by atoms with Crippen LogP contribution in [-0.2, 0) is 10.2 Å². The molecule has 0 radical (unpaired) electrons. The average molecular weight is 291 g/mol. The maximum absolute atomic E-state index is 10.9. The van der Waals surface area contributed by atoms with E-state index in [0.717, 1.165) is 10.6 Å². The highest BCUT2D eigenvalue weighted by Crippen LogP contribution is 2.24. The lowest BCUT2D eigenvalue weighted by molar-refractivity contribution is -0.114. The van der Waals surface area contributed by atoms with E-state index in [1.165, 1.54) is 18.3 Å². The molecule has 20 heavy (non-hydrogen) atoms. The molecule has 0 aliphatic heterocycles. The highest BCUT2D eigenvalue weighted by Gasteiger charge is 2.18. The summed E-state index contributed by atoms with van der Waals surface area (Å²) in [4.78, 5) is 20.1. The number of thiazole rings is 1. The third kappa shape index (κ3) is 3.77. The number of carbonyl (C=O) groups is 1. The Bertz CT molecular complexity index is 635. The van der Waals surface area contributed by atoms with Gasteiger partial charge in [0, 0.05) is 29.5 Å². The summed E-state index contributed by atoms with van der Waals surface area (Å²) in [5.74, 6) is 1.28. The predicted molar refractivity (Wildman–Crippen MR) is 80.5 cm³/mol. The van der Waals surface area contributed by atoms with Crippen LogP contribution in [0.2, 0.25) is 0 Å². The van der Waals surface area contributed by atoms with Gasteiger partial charge >= 0.3 is 0 Å². The molecule has 0 fully saturated rings. The summed E-state index contributed by atoms with van der Waals surface area (Å²) >= 11 is 1.39. The summed E-state index contributed by atoms with van der Waals surface area (Å²) in [6.45, 7) is 7.68. The second-order valence-corrected chi connectivity index (χ2v) is 6.46. The second-order valence-electron chi connectivity index (χ2n) is 5.40. The highest BCUT2D eigenvalue weighted by atomic mass is 32.1. The van der Waals surface area contributed by atoms with E-state index in [4.69, 9.17) is 4.42 Å². The van der Waals surface area contributed by atoms with Gasteiger partial charge in [-0.2, -0.15) is 0 Å². The number of oxazole rings is 1. The molecule has 5 nitrogen and oxygen atoms in total. The van der Waals surface area contributed by atoms with Gasteiger partial charge in [-0.15, -0.1) is 0 Å². The Labute approximate surface area is 121 Å². The molecule has 2 aromatic rings. The van der Waals surface area contributed by atoms with E-state index < -0.39 is 0 Å². The smallest absolute Gasteiger partial charge is 0.223 e. The fraction of sp³-hybridized carbons (Fsp3) is 0.357. The Morgan fingerprint density at radius 3 is 2.65 bits per heavy atom. The molecule has 0 bridgehead atoms. The summed E-state index contributed by atoms with van der Waals surface area (Å²) in [6, 6.07) is 0. The summed E-state index contributed by atoms with van der Waals surface area (Å²) in [5.41, 5.74) is -0.0534. The van der Waals surface area contributed by atoms with Crippen LogP contribution >= 0.6 is 11.3 Å². The van der Waals surface area contributed by atoms with Crippen LogP contribution in [0.1, 0.15) is 44.2 Å². The fourth-order valence-corrected chi connectivity index (χ4v) is 2.20. The maximum atomic E-state index is 10.9. The number of nitrogens with zero attached hydrogens (tertiary/aromatic N) is 2. The lowest BCUT2D eigenvalue weighted by Gasteiger charge is -2.12. The first-order valence-corrected chi connectivity index (χ1v) is 7.04. The van der Waals surface area contributed by atoms with Gasteiger partial charge in [-0.25, -0.2) is 9.97 Å². The van der Waals surface area contributed by atoms with Crippen LogP contribution < -0.4 is 5.32 Å². The first kappa shape index (κ1) is 14.5. The second kappa shape index (κ2) is 5.58. The van der Waals surface area contributed by atoms with Crippen LogP contribution in [0, 0.1) is 0 Å². The number of rotatable bonds is 3. The van der Waals surface area contributed by atoms with Gasteiger partial charge in [0.15, 0.2) is 5.13 Å². The minimum Gasteiger partial charge on any atom is -0.441 e. The molecule has 0 aliphatic rings. The van der Waals surface area contributed by atoms with Gasteiger partial charge < -0.3 is 9.73 Å². The zero-order chi connectivity index (χ0) is 14.8. The Morgan fingerprint density at radius 1 is 1.30 bits per heavy atom. The zero-order valence-electron chi connectivity index (χ0n) is 11.9. The van der Waals surface area contributed by atoms with E-state index in [1.807, 2.05) is 6.08 Å². The minimum absolute atomic E-state index is 0.0534. The van der Waals surface area contributed by atoms with Crippen molar-refractivity contribution in [1.29, 1.82) is 0 Å². The summed E-state index contributed by atoms with van der Waals surface area (Å²) in [6.07, 6.45) is 7.09. The molecule has 0 aromatic carbocycles. The molecule has 6 heteroatoms. The number of hydrogen-bond donors (Lipinski definition) is 1. The topological polar surface area (TPSA) is 68.0 Å². The van der Waals surface area contributed by atoms with Crippen LogP contribution in [0.5, 0.6) is 0 Å². The van der Waals surface area contributed by atoms with E-state index in [2.05, 4.69) is 36.1 Å². The van der Waals surface area contributed by atoms with Crippen molar-refractivity contribution in [2.75, 3.05) is 5.32 Å². The molecule has 0 aliphatic carbocycles. The van der Waals surface area contributed by atoms with Crippen LogP contribution in [0.25, 0.3) is 12.2 Å². The van der Waals surface area contributed by atoms with Gasteiger partial charge in [0.1, 0.15) is 5.76 Å². The number of carbonyl (C=O) groups excluding carboxylic acids is 1.